The van der Waals surface area contributed by atoms with Gasteiger partial charge in [-0.2, -0.15) is 0 Å². The van der Waals surface area contributed by atoms with E-state index >= 15 is 0 Å². The Balaban J connectivity index is 1.73. The number of carbonyl (C=O) groups excluding carboxylic acids is 2. The van der Waals surface area contributed by atoms with E-state index < -0.39 is 0 Å². The van der Waals surface area contributed by atoms with Crippen LogP contribution in [-0.2, 0) is 9.59 Å². The standard InChI is InChI=1S/C17H31N3O2/c18-10-11-19-17(22)15-7-4-12-20(13-15)16(21)9-8-14-5-2-1-3-6-14/h14-15H,1-13,18H2,(H,19,22). The van der Waals surface area contributed by atoms with Crippen molar-refractivity contribution in [1.82, 2.24) is 10.2 Å². The van der Waals surface area contributed by atoms with E-state index in [9.17, 15) is 9.59 Å². The first-order valence-corrected chi connectivity index (χ1v) is 8.96. The quantitative estimate of drug-likeness (QED) is 0.783. The average molecular weight is 309 g/mol. The zero-order chi connectivity index (χ0) is 15.8. The molecule has 1 aliphatic carbocycles. The molecule has 126 valence electrons. The number of carbonyl (C=O) groups is 2. The molecule has 5 nitrogen and oxygen atoms in total. The third-order valence-electron chi connectivity index (χ3n) is 5.08. The van der Waals surface area contributed by atoms with E-state index in [0.29, 0.717) is 26.1 Å². The second-order valence-corrected chi connectivity index (χ2v) is 6.80. The lowest BCUT2D eigenvalue weighted by Gasteiger charge is -2.32. The fraction of sp³-hybridized carbons (Fsp3) is 0.882. The Morgan fingerprint density at radius 1 is 1.09 bits per heavy atom. The molecule has 0 aromatic rings. The van der Waals surface area contributed by atoms with Crippen LogP contribution in [0.2, 0.25) is 0 Å². The first-order chi connectivity index (χ1) is 10.7. The highest BCUT2D eigenvalue weighted by atomic mass is 16.2. The summed E-state index contributed by atoms with van der Waals surface area (Å²) < 4.78 is 0. The van der Waals surface area contributed by atoms with Crippen LogP contribution in [0.3, 0.4) is 0 Å². The molecule has 1 saturated carbocycles. The number of rotatable bonds is 6. The predicted molar refractivity (Wildman–Crippen MR) is 87.2 cm³/mol. The molecule has 3 N–H and O–H groups in total. The highest BCUT2D eigenvalue weighted by Gasteiger charge is 2.28. The van der Waals surface area contributed by atoms with Crippen LogP contribution >= 0.6 is 0 Å². The Bertz CT molecular complexity index is 367. The number of amides is 2. The van der Waals surface area contributed by atoms with E-state index in [0.717, 1.165) is 31.7 Å². The SMILES string of the molecule is NCCNC(=O)C1CCCN(C(=O)CCC2CCCCC2)C1. The van der Waals surface area contributed by atoms with Crippen molar-refractivity contribution in [1.29, 1.82) is 0 Å². The highest BCUT2D eigenvalue weighted by Crippen LogP contribution is 2.28. The summed E-state index contributed by atoms with van der Waals surface area (Å²) in [4.78, 5) is 26.3. The van der Waals surface area contributed by atoms with E-state index in [4.69, 9.17) is 5.73 Å². The lowest BCUT2D eigenvalue weighted by molar-refractivity contribution is -0.136. The monoisotopic (exact) mass is 309 g/mol. The van der Waals surface area contributed by atoms with Crippen LogP contribution in [0.4, 0.5) is 0 Å². The van der Waals surface area contributed by atoms with Crippen molar-refractivity contribution in [2.45, 2.75) is 57.8 Å². The van der Waals surface area contributed by atoms with Gasteiger partial charge in [-0.3, -0.25) is 9.59 Å². The average Bonchev–Trinajstić information content (AvgIpc) is 2.58. The van der Waals surface area contributed by atoms with Gasteiger partial charge in [0.1, 0.15) is 0 Å². The third-order valence-corrected chi connectivity index (χ3v) is 5.08. The maximum Gasteiger partial charge on any atom is 0.224 e. The molecule has 0 bridgehead atoms. The molecule has 1 aliphatic heterocycles. The van der Waals surface area contributed by atoms with Gasteiger partial charge in [0.2, 0.25) is 11.8 Å². The fourth-order valence-electron chi connectivity index (χ4n) is 3.72. The summed E-state index contributed by atoms with van der Waals surface area (Å²) in [6.07, 6.45) is 10.1. The molecule has 1 unspecified atom stereocenters. The number of nitrogens with one attached hydrogen (secondary N) is 1. The Labute approximate surface area is 134 Å². The van der Waals surface area contributed by atoms with Crippen molar-refractivity contribution in [3.8, 4) is 0 Å². The Morgan fingerprint density at radius 3 is 2.59 bits per heavy atom. The number of nitrogens with two attached hydrogens (primary N) is 1. The molecule has 2 aliphatic rings. The zero-order valence-electron chi connectivity index (χ0n) is 13.7. The van der Waals surface area contributed by atoms with E-state index in [1.165, 1.54) is 32.1 Å². The summed E-state index contributed by atoms with van der Waals surface area (Å²) in [5, 5.41) is 2.84. The Kier molecular flexibility index (Phi) is 7.16. The largest absolute Gasteiger partial charge is 0.355 e. The molecular formula is C17H31N3O2. The molecular weight excluding hydrogens is 278 g/mol. The first-order valence-electron chi connectivity index (χ1n) is 8.96. The summed E-state index contributed by atoms with van der Waals surface area (Å²) >= 11 is 0. The van der Waals surface area contributed by atoms with Crippen LogP contribution in [0.1, 0.15) is 57.8 Å². The molecule has 22 heavy (non-hydrogen) atoms. The molecule has 1 heterocycles. The maximum absolute atomic E-state index is 12.4. The van der Waals surface area contributed by atoms with Gasteiger partial charge in [0.15, 0.2) is 0 Å². The van der Waals surface area contributed by atoms with Gasteiger partial charge in [0.05, 0.1) is 5.92 Å². The van der Waals surface area contributed by atoms with Gasteiger partial charge in [0, 0.05) is 32.6 Å². The molecule has 2 rings (SSSR count). The minimum atomic E-state index is -0.0565. The molecule has 0 radical (unpaired) electrons. The van der Waals surface area contributed by atoms with Crippen molar-refractivity contribution in [3.05, 3.63) is 0 Å². The van der Waals surface area contributed by atoms with Crippen molar-refractivity contribution < 1.29 is 9.59 Å². The van der Waals surface area contributed by atoms with Gasteiger partial charge in [-0.15, -0.1) is 0 Å². The van der Waals surface area contributed by atoms with Crippen LogP contribution in [-0.4, -0.2) is 42.9 Å². The number of hydrogen-bond donors (Lipinski definition) is 2. The van der Waals surface area contributed by atoms with Gasteiger partial charge < -0.3 is 16.0 Å². The van der Waals surface area contributed by atoms with Gasteiger partial charge >= 0.3 is 0 Å². The van der Waals surface area contributed by atoms with Gasteiger partial charge in [-0.25, -0.2) is 0 Å². The molecule has 5 heteroatoms. The van der Waals surface area contributed by atoms with Crippen LogP contribution in [0.15, 0.2) is 0 Å². The number of likely N-dealkylation sites (tertiary alicyclic amines) is 1. The lowest BCUT2D eigenvalue weighted by Crippen LogP contribution is -2.46. The molecule has 0 aromatic heterocycles. The highest BCUT2D eigenvalue weighted by molar-refractivity contribution is 5.81. The maximum atomic E-state index is 12.4. The van der Waals surface area contributed by atoms with Crippen molar-refractivity contribution >= 4 is 11.8 Å². The van der Waals surface area contributed by atoms with E-state index in [-0.39, 0.29) is 17.7 Å². The molecule has 2 fully saturated rings. The van der Waals surface area contributed by atoms with Crippen LogP contribution < -0.4 is 11.1 Å². The second-order valence-electron chi connectivity index (χ2n) is 6.80. The van der Waals surface area contributed by atoms with Crippen LogP contribution in [0.25, 0.3) is 0 Å². The number of hydrogen-bond acceptors (Lipinski definition) is 3. The molecule has 1 atom stereocenters. The molecule has 2 amide bonds. The van der Waals surface area contributed by atoms with Gasteiger partial charge in [-0.05, 0) is 25.2 Å². The minimum Gasteiger partial charge on any atom is -0.355 e. The number of piperidine rings is 1. The zero-order valence-corrected chi connectivity index (χ0v) is 13.7. The summed E-state index contributed by atoms with van der Waals surface area (Å²) in [6.45, 7) is 2.37. The lowest BCUT2D eigenvalue weighted by atomic mass is 9.86. The van der Waals surface area contributed by atoms with Gasteiger partial charge in [-0.1, -0.05) is 32.1 Å². The Morgan fingerprint density at radius 2 is 1.86 bits per heavy atom. The number of nitrogens with zero attached hydrogens (tertiary/aromatic N) is 1. The smallest absolute Gasteiger partial charge is 0.224 e. The molecule has 0 aromatic carbocycles. The van der Waals surface area contributed by atoms with E-state index in [1.54, 1.807) is 0 Å². The van der Waals surface area contributed by atoms with Crippen molar-refractivity contribution in [2.24, 2.45) is 17.6 Å². The van der Waals surface area contributed by atoms with Crippen LogP contribution in [0.5, 0.6) is 0 Å². The summed E-state index contributed by atoms with van der Waals surface area (Å²) in [5.41, 5.74) is 5.41. The first kappa shape index (κ1) is 17.3. The van der Waals surface area contributed by atoms with Gasteiger partial charge in [0.25, 0.3) is 0 Å². The topological polar surface area (TPSA) is 75.4 Å². The van der Waals surface area contributed by atoms with E-state index in [1.807, 2.05) is 4.90 Å². The third kappa shape index (κ3) is 5.27. The van der Waals surface area contributed by atoms with E-state index in [2.05, 4.69) is 5.32 Å². The predicted octanol–water partition coefficient (Wildman–Crippen LogP) is 1.66. The second kappa shape index (κ2) is 9.13. The molecule has 0 spiro atoms. The molecule has 1 saturated heterocycles. The normalized spacial score (nSPS) is 23.3. The van der Waals surface area contributed by atoms with Crippen LogP contribution in [0, 0.1) is 11.8 Å². The van der Waals surface area contributed by atoms with Crippen molar-refractivity contribution in [3.63, 3.8) is 0 Å². The minimum absolute atomic E-state index is 0.0511. The summed E-state index contributed by atoms with van der Waals surface area (Å²) in [7, 11) is 0. The Hall–Kier alpha value is -1.10. The fourth-order valence-corrected chi connectivity index (χ4v) is 3.72. The summed E-state index contributed by atoms with van der Waals surface area (Å²) in [6, 6.07) is 0. The summed E-state index contributed by atoms with van der Waals surface area (Å²) in [5.74, 6) is 0.974. The van der Waals surface area contributed by atoms with Crippen molar-refractivity contribution in [2.75, 3.05) is 26.2 Å².